The van der Waals surface area contributed by atoms with Gasteiger partial charge in [0.1, 0.15) is 35.6 Å². The highest BCUT2D eigenvalue weighted by molar-refractivity contribution is 5.87. The number of hydrogen-bond donors (Lipinski definition) is 3. The van der Waals surface area contributed by atoms with Crippen LogP contribution < -0.4 is 10.1 Å². The lowest BCUT2D eigenvalue weighted by molar-refractivity contribution is -0.135. The Hall–Kier alpha value is -5.37. The van der Waals surface area contributed by atoms with Gasteiger partial charge in [-0.25, -0.2) is 19.6 Å². The number of H-pyrrole nitrogens is 2. The molecule has 0 spiro atoms. The second-order valence-corrected chi connectivity index (χ2v) is 17.8. The molecule has 1 aliphatic carbocycles. The molecule has 0 radical (unpaired) electrons. The van der Waals surface area contributed by atoms with Crippen LogP contribution in [0.4, 0.5) is 9.59 Å². The van der Waals surface area contributed by atoms with Crippen molar-refractivity contribution in [3.8, 4) is 39.4 Å². The fraction of sp³-hybridized carbons (Fsp3) is 0.533. The van der Waals surface area contributed by atoms with Gasteiger partial charge < -0.3 is 39.1 Å². The first-order chi connectivity index (χ1) is 28.2. The van der Waals surface area contributed by atoms with Crippen molar-refractivity contribution in [2.45, 2.75) is 104 Å². The molecule has 2 aromatic carbocycles. The number of hydrogen-bond acceptors (Lipinski definition) is 9. The van der Waals surface area contributed by atoms with Crippen LogP contribution in [0.25, 0.3) is 33.6 Å². The maximum atomic E-state index is 13.9. The van der Waals surface area contributed by atoms with E-state index in [1.165, 1.54) is 12.7 Å². The number of benzene rings is 2. The van der Waals surface area contributed by atoms with Crippen LogP contribution in [0.5, 0.6) is 5.75 Å². The van der Waals surface area contributed by atoms with Crippen molar-refractivity contribution in [3.05, 3.63) is 65.0 Å². The quantitative estimate of drug-likeness (QED) is 0.153. The zero-order valence-electron chi connectivity index (χ0n) is 35.4. The summed E-state index contributed by atoms with van der Waals surface area (Å²) in [5.41, 5.74) is 8.80. The van der Waals surface area contributed by atoms with Gasteiger partial charge in [-0.05, 0) is 98.7 Å². The van der Waals surface area contributed by atoms with Gasteiger partial charge in [0.05, 0.1) is 49.1 Å². The van der Waals surface area contributed by atoms with Crippen LogP contribution in [-0.4, -0.2) is 93.4 Å². The molecule has 5 heterocycles. The smallest absolute Gasteiger partial charge is 0.410 e. The Morgan fingerprint density at radius 2 is 1.76 bits per heavy atom. The van der Waals surface area contributed by atoms with Crippen molar-refractivity contribution >= 4 is 18.1 Å². The number of rotatable bonds is 9. The number of methoxy groups -OCH3 is 2. The minimum Gasteiger partial charge on any atom is -0.488 e. The number of nitrogens with one attached hydrogen (secondary N) is 3. The van der Waals surface area contributed by atoms with Crippen LogP contribution in [0.3, 0.4) is 0 Å². The average molecular weight is 808 g/mol. The number of amides is 3. The van der Waals surface area contributed by atoms with E-state index in [-0.39, 0.29) is 41.8 Å². The lowest BCUT2D eigenvalue weighted by Gasteiger charge is -2.30. The molecule has 8 rings (SSSR count). The van der Waals surface area contributed by atoms with Gasteiger partial charge in [-0.1, -0.05) is 39.3 Å². The molecule has 59 heavy (non-hydrogen) atoms. The summed E-state index contributed by atoms with van der Waals surface area (Å²) in [7, 11) is 3.00. The maximum absolute atomic E-state index is 13.9. The number of fused-ring (bicyclic) bond motifs is 6. The lowest BCUT2D eigenvalue weighted by atomic mass is 9.86. The molecule has 4 aliphatic rings. The Balaban J connectivity index is 1.03. The number of aromatic nitrogens is 4. The third-order valence-corrected chi connectivity index (χ3v) is 12.4. The summed E-state index contributed by atoms with van der Waals surface area (Å²) in [5, 5.41) is 2.78. The zero-order valence-corrected chi connectivity index (χ0v) is 35.4. The van der Waals surface area contributed by atoms with Crippen LogP contribution >= 0.6 is 0 Å². The SMILES string of the molecule is CCC(C)C(NC(=O)OC)C(=O)N1CC(C)C[C@H]1c1ncc(-c2ccc3c(c2)COc2cc4c(cc2-3)CCc2nc([C@@H]3C[C@H](COC)CN3C(=O)OC(C)(C)C)[nH]c2-4)[nH]1. The van der Waals surface area contributed by atoms with E-state index >= 15 is 0 Å². The number of carbonyl (C=O) groups is 3. The molecule has 2 fully saturated rings. The van der Waals surface area contributed by atoms with Crippen LogP contribution in [0.1, 0.15) is 101 Å². The molecule has 6 atom stereocenters. The minimum atomic E-state index is -0.689. The number of imidazole rings is 2. The van der Waals surface area contributed by atoms with Crippen molar-refractivity contribution in [2.75, 3.05) is 33.9 Å². The first-order valence-electron chi connectivity index (χ1n) is 21.0. The molecule has 0 bridgehead atoms. The predicted octanol–water partition coefficient (Wildman–Crippen LogP) is 7.75. The Kier molecular flexibility index (Phi) is 11.0. The second kappa shape index (κ2) is 16.0. The van der Waals surface area contributed by atoms with E-state index in [9.17, 15) is 14.4 Å². The first-order valence-corrected chi connectivity index (χ1v) is 21.0. The minimum absolute atomic E-state index is 0.0652. The van der Waals surface area contributed by atoms with E-state index < -0.39 is 17.7 Å². The molecule has 314 valence electrons. The number of carbonyl (C=O) groups excluding carboxylic acids is 3. The van der Waals surface area contributed by atoms with E-state index in [0.717, 1.165) is 94.4 Å². The molecule has 2 aromatic heterocycles. The number of alkyl carbamates (subject to hydrolysis) is 1. The van der Waals surface area contributed by atoms with E-state index in [0.29, 0.717) is 26.3 Å². The van der Waals surface area contributed by atoms with Gasteiger partial charge in [0.15, 0.2) is 0 Å². The fourth-order valence-electron chi connectivity index (χ4n) is 9.25. The van der Waals surface area contributed by atoms with Crippen molar-refractivity contribution in [1.82, 2.24) is 35.1 Å². The van der Waals surface area contributed by atoms with Crippen LogP contribution in [0.2, 0.25) is 0 Å². The lowest BCUT2D eigenvalue weighted by Crippen LogP contribution is -2.51. The monoisotopic (exact) mass is 807 g/mol. The largest absolute Gasteiger partial charge is 0.488 e. The molecule has 4 aromatic rings. The summed E-state index contributed by atoms with van der Waals surface area (Å²) in [6.07, 6.45) is 4.75. The first kappa shape index (κ1) is 40.4. The number of ether oxygens (including phenoxy) is 4. The summed E-state index contributed by atoms with van der Waals surface area (Å²) < 4.78 is 22.6. The Labute approximate surface area is 345 Å². The highest BCUT2D eigenvalue weighted by atomic mass is 16.6. The van der Waals surface area contributed by atoms with Gasteiger partial charge in [0, 0.05) is 37.2 Å². The molecule has 3 unspecified atom stereocenters. The number of aryl methyl sites for hydroxylation is 2. The van der Waals surface area contributed by atoms with Crippen molar-refractivity contribution in [1.29, 1.82) is 0 Å². The highest BCUT2D eigenvalue weighted by Gasteiger charge is 2.42. The van der Waals surface area contributed by atoms with Crippen LogP contribution in [0, 0.1) is 17.8 Å². The topological polar surface area (TPSA) is 164 Å². The van der Waals surface area contributed by atoms with E-state index in [2.05, 4.69) is 52.5 Å². The normalized spacial score (nSPS) is 21.8. The predicted molar refractivity (Wildman–Crippen MR) is 221 cm³/mol. The molecule has 3 amide bonds. The van der Waals surface area contributed by atoms with Crippen molar-refractivity contribution in [3.63, 3.8) is 0 Å². The molecule has 0 saturated carbocycles. The summed E-state index contributed by atoms with van der Waals surface area (Å²) >= 11 is 0. The molecule has 3 aliphatic heterocycles. The van der Waals surface area contributed by atoms with Crippen LogP contribution in [-0.2, 0) is 38.5 Å². The molecule has 3 N–H and O–H groups in total. The Morgan fingerprint density at radius 3 is 2.51 bits per heavy atom. The van der Waals surface area contributed by atoms with Gasteiger partial charge in [0.25, 0.3) is 0 Å². The van der Waals surface area contributed by atoms with Crippen molar-refractivity contribution in [2.24, 2.45) is 17.8 Å². The molecular formula is C45H57N7O7. The standard InChI is InChI=1S/C45H57N7O7/c1-9-25(3)38(50-43(54)57-8)42(53)51-20-24(2)14-35(51)40-46-19-34(48-40)28-10-12-30-29(16-28)23-58-37-18-31-27(17-32(30)37)11-13-33-39(31)49-41(47-33)36-15-26(22-56-7)21-52(36)44(55)59-45(4,5)6/h10,12,16-19,24-26,35-36,38H,9,11,13-15,20-23H2,1-8H3,(H,46,48)(H,47,49)(H,50,54)/t24?,25?,26-,35-,36-,38?/m0/s1. The van der Waals surface area contributed by atoms with E-state index in [4.69, 9.17) is 28.9 Å². The number of likely N-dealkylation sites (tertiary alicyclic amines) is 2. The fourth-order valence-corrected chi connectivity index (χ4v) is 9.25. The molecule has 2 saturated heterocycles. The Bertz CT molecular complexity index is 2240. The Morgan fingerprint density at radius 1 is 0.966 bits per heavy atom. The second-order valence-electron chi connectivity index (χ2n) is 17.8. The van der Waals surface area contributed by atoms with Crippen molar-refractivity contribution < 1.29 is 33.3 Å². The highest BCUT2D eigenvalue weighted by Crippen LogP contribution is 2.46. The zero-order chi connectivity index (χ0) is 41.7. The van der Waals surface area contributed by atoms with E-state index in [1.807, 2.05) is 45.7 Å². The van der Waals surface area contributed by atoms with Gasteiger partial charge in [-0.2, -0.15) is 0 Å². The summed E-state index contributed by atoms with van der Waals surface area (Å²) in [4.78, 5) is 60.2. The van der Waals surface area contributed by atoms with E-state index in [1.54, 1.807) is 12.0 Å². The molecule has 14 heteroatoms. The summed E-state index contributed by atoms with van der Waals surface area (Å²) in [6.45, 7) is 13.9. The van der Waals surface area contributed by atoms with Crippen LogP contribution in [0.15, 0.2) is 36.5 Å². The van der Waals surface area contributed by atoms with Gasteiger partial charge >= 0.3 is 12.2 Å². The number of aromatic amines is 2. The molecular weight excluding hydrogens is 751 g/mol. The third-order valence-electron chi connectivity index (χ3n) is 12.4. The van der Waals surface area contributed by atoms with Gasteiger partial charge in [0.2, 0.25) is 5.91 Å². The summed E-state index contributed by atoms with van der Waals surface area (Å²) in [5.74, 6) is 2.60. The maximum Gasteiger partial charge on any atom is 0.410 e. The molecule has 14 nitrogen and oxygen atoms in total. The average Bonchev–Trinajstić information content (AvgIpc) is 4.03. The van der Waals surface area contributed by atoms with Gasteiger partial charge in [-0.15, -0.1) is 0 Å². The third kappa shape index (κ3) is 7.91. The summed E-state index contributed by atoms with van der Waals surface area (Å²) in [6, 6.07) is 9.65. The number of nitrogens with zero attached hydrogens (tertiary/aromatic N) is 4. The van der Waals surface area contributed by atoms with Gasteiger partial charge in [-0.3, -0.25) is 9.69 Å².